The Labute approximate surface area is 110 Å². The summed E-state index contributed by atoms with van der Waals surface area (Å²) in [7, 11) is 2.38. The average Bonchev–Trinajstić information content (AvgIpc) is 2.46. The van der Waals surface area contributed by atoms with E-state index in [0.29, 0.717) is 20.5 Å². The Kier molecular flexibility index (Phi) is 4.74. The molecule has 0 heterocycles. The van der Waals surface area contributed by atoms with Crippen molar-refractivity contribution in [1.82, 2.24) is 0 Å². The molecule has 2 aromatic carbocycles. The summed E-state index contributed by atoms with van der Waals surface area (Å²) in [5.74, 6) is 0.890. The third-order valence-electron chi connectivity index (χ3n) is 2.90. The zero-order valence-corrected chi connectivity index (χ0v) is 11.5. The van der Waals surface area contributed by atoms with E-state index in [0.717, 1.165) is 5.75 Å². The van der Waals surface area contributed by atoms with E-state index in [9.17, 15) is 0 Å². The molecule has 0 aliphatic rings. The van der Waals surface area contributed by atoms with Gasteiger partial charge in [0, 0.05) is 11.9 Å². The molecular formula is C15H18NOP. The Morgan fingerprint density at radius 3 is 2.17 bits per heavy atom. The summed E-state index contributed by atoms with van der Waals surface area (Å²) in [6.45, 7) is 0. The van der Waals surface area contributed by atoms with Crippen molar-refractivity contribution in [2.75, 3.05) is 13.4 Å². The number of methoxy groups -OCH3 is 1. The van der Waals surface area contributed by atoms with Crippen LogP contribution in [0.5, 0.6) is 5.75 Å². The summed E-state index contributed by atoms with van der Waals surface area (Å²) in [5, 5.41) is 0. The molecule has 3 heteroatoms. The van der Waals surface area contributed by atoms with Gasteiger partial charge < -0.3 is 10.5 Å². The molecule has 0 aliphatic carbocycles. The van der Waals surface area contributed by atoms with Crippen LogP contribution in [-0.4, -0.2) is 13.4 Å². The van der Waals surface area contributed by atoms with Crippen LogP contribution in [0, 0.1) is 0 Å². The van der Waals surface area contributed by atoms with Crippen LogP contribution < -0.4 is 10.5 Å². The van der Waals surface area contributed by atoms with Crippen LogP contribution in [0.15, 0.2) is 54.6 Å². The van der Waals surface area contributed by atoms with Gasteiger partial charge in [-0.15, -0.1) is 0 Å². The van der Waals surface area contributed by atoms with E-state index in [1.807, 2.05) is 18.2 Å². The summed E-state index contributed by atoms with van der Waals surface area (Å²) in [6.07, 6.45) is 0.714. The standard InChI is InChI=1S/C15H18NOP/c1-17-14-9-7-13(8-10-14)15(18-11-16)12-5-3-2-4-6-12/h2-10,15,18H,11,16H2,1H3. The highest BCUT2D eigenvalue weighted by Crippen LogP contribution is 2.39. The van der Waals surface area contributed by atoms with Gasteiger partial charge in [0.15, 0.2) is 0 Å². The molecule has 2 atom stereocenters. The maximum Gasteiger partial charge on any atom is 0.118 e. The molecule has 0 radical (unpaired) electrons. The van der Waals surface area contributed by atoms with Crippen LogP contribution in [0.1, 0.15) is 16.8 Å². The predicted octanol–water partition coefficient (Wildman–Crippen LogP) is 3.38. The van der Waals surface area contributed by atoms with E-state index in [1.54, 1.807) is 7.11 Å². The minimum Gasteiger partial charge on any atom is -0.497 e. The van der Waals surface area contributed by atoms with Gasteiger partial charge in [-0.25, -0.2) is 0 Å². The Morgan fingerprint density at radius 2 is 1.61 bits per heavy atom. The molecule has 0 bridgehead atoms. The van der Waals surface area contributed by atoms with Crippen molar-refractivity contribution in [2.24, 2.45) is 5.73 Å². The van der Waals surface area contributed by atoms with Crippen LogP contribution >= 0.6 is 8.58 Å². The quantitative estimate of drug-likeness (QED) is 0.835. The topological polar surface area (TPSA) is 35.2 Å². The van der Waals surface area contributed by atoms with Gasteiger partial charge in [0.1, 0.15) is 5.75 Å². The molecule has 2 N–H and O–H groups in total. The van der Waals surface area contributed by atoms with Crippen LogP contribution in [-0.2, 0) is 0 Å². The molecule has 0 aliphatic heterocycles. The van der Waals surface area contributed by atoms with E-state index in [-0.39, 0.29) is 0 Å². The lowest BCUT2D eigenvalue weighted by molar-refractivity contribution is 0.414. The highest BCUT2D eigenvalue weighted by atomic mass is 31.1. The summed E-state index contributed by atoms with van der Waals surface area (Å²) in [5.41, 5.74) is 8.76. The van der Waals surface area contributed by atoms with Gasteiger partial charge in [-0.3, -0.25) is 0 Å². The number of hydrogen-bond acceptors (Lipinski definition) is 2. The van der Waals surface area contributed by atoms with Crippen LogP contribution in [0.25, 0.3) is 0 Å². The fourth-order valence-electron chi connectivity index (χ4n) is 1.99. The fourth-order valence-corrected chi connectivity index (χ4v) is 3.08. The Hall–Kier alpha value is -1.37. The van der Waals surface area contributed by atoms with E-state index in [2.05, 4.69) is 36.4 Å². The summed E-state index contributed by atoms with van der Waals surface area (Å²) < 4.78 is 5.19. The summed E-state index contributed by atoms with van der Waals surface area (Å²) in [4.78, 5) is 0. The molecule has 18 heavy (non-hydrogen) atoms. The molecule has 0 spiro atoms. The lowest BCUT2D eigenvalue weighted by Gasteiger charge is -2.17. The third kappa shape index (κ3) is 3.10. The molecule has 0 saturated carbocycles. The second kappa shape index (κ2) is 6.53. The average molecular weight is 259 g/mol. The summed E-state index contributed by atoms with van der Waals surface area (Å²) in [6, 6.07) is 18.8. The van der Waals surface area contributed by atoms with Gasteiger partial charge in [-0.1, -0.05) is 51.0 Å². The first-order valence-corrected chi connectivity index (χ1v) is 7.26. The minimum absolute atomic E-state index is 0.391. The lowest BCUT2D eigenvalue weighted by atomic mass is 10.0. The first-order chi connectivity index (χ1) is 8.85. The van der Waals surface area contributed by atoms with Crippen molar-refractivity contribution >= 4 is 8.58 Å². The second-order valence-corrected chi connectivity index (χ2v) is 5.42. The van der Waals surface area contributed by atoms with Gasteiger partial charge >= 0.3 is 0 Å². The lowest BCUT2D eigenvalue weighted by Crippen LogP contribution is -2.00. The maximum absolute atomic E-state index is 5.75. The Bertz CT molecular complexity index is 470. The third-order valence-corrected chi connectivity index (χ3v) is 4.21. The maximum atomic E-state index is 5.75. The minimum atomic E-state index is 0.391. The second-order valence-electron chi connectivity index (χ2n) is 4.03. The molecule has 2 aromatic rings. The van der Waals surface area contributed by atoms with Gasteiger partial charge in [0.25, 0.3) is 0 Å². The number of nitrogens with two attached hydrogens (primary N) is 1. The first kappa shape index (κ1) is 13.1. The molecule has 2 nitrogen and oxygen atoms in total. The summed E-state index contributed by atoms with van der Waals surface area (Å²) >= 11 is 0. The van der Waals surface area contributed by atoms with Gasteiger partial charge in [-0.2, -0.15) is 0 Å². The largest absolute Gasteiger partial charge is 0.497 e. The molecule has 2 rings (SSSR count). The van der Waals surface area contributed by atoms with Crippen LogP contribution in [0.2, 0.25) is 0 Å². The van der Waals surface area contributed by atoms with Crippen molar-refractivity contribution in [3.63, 3.8) is 0 Å². The van der Waals surface area contributed by atoms with Gasteiger partial charge in [0.2, 0.25) is 0 Å². The van der Waals surface area contributed by atoms with E-state index < -0.39 is 0 Å². The molecule has 0 amide bonds. The zero-order chi connectivity index (χ0) is 12.8. The number of ether oxygens (including phenoxy) is 1. The van der Waals surface area contributed by atoms with Crippen LogP contribution in [0.3, 0.4) is 0 Å². The zero-order valence-electron chi connectivity index (χ0n) is 10.5. The highest BCUT2D eigenvalue weighted by molar-refractivity contribution is 7.38. The van der Waals surface area contributed by atoms with Gasteiger partial charge in [0.05, 0.1) is 7.11 Å². The van der Waals surface area contributed by atoms with Crippen molar-refractivity contribution in [2.45, 2.75) is 5.66 Å². The smallest absolute Gasteiger partial charge is 0.118 e. The monoisotopic (exact) mass is 259 g/mol. The van der Waals surface area contributed by atoms with Crippen LogP contribution in [0.4, 0.5) is 0 Å². The fraction of sp³-hybridized carbons (Fsp3) is 0.200. The predicted molar refractivity (Wildman–Crippen MR) is 78.6 cm³/mol. The Balaban J connectivity index is 2.29. The van der Waals surface area contributed by atoms with Crippen molar-refractivity contribution in [1.29, 1.82) is 0 Å². The van der Waals surface area contributed by atoms with E-state index >= 15 is 0 Å². The molecular weight excluding hydrogens is 241 g/mol. The molecule has 0 saturated heterocycles. The SMILES string of the molecule is COc1ccc(C(PCN)c2ccccc2)cc1. The number of rotatable bonds is 5. The van der Waals surface area contributed by atoms with Gasteiger partial charge in [-0.05, 0) is 23.3 Å². The van der Waals surface area contributed by atoms with E-state index in [4.69, 9.17) is 10.5 Å². The van der Waals surface area contributed by atoms with Crippen molar-refractivity contribution < 1.29 is 4.74 Å². The molecule has 0 aromatic heterocycles. The van der Waals surface area contributed by atoms with E-state index in [1.165, 1.54) is 11.1 Å². The molecule has 2 unspecified atom stereocenters. The van der Waals surface area contributed by atoms with Crippen molar-refractivity contribution in [3.05, 3.63) is 65.7 Å². The first-order valence-electron chi connectivity index (χ1n) is 5.97. The highest BCUT2D eigenvalue weighted by Gasteiger charge is 2.12. The Morgan fingerprint density at radius 1 is 1.00 bits per heavy atom. The molecule has 0 fully saturated rings. The molecule has 94 valence electrons. The van der Waals surface area contributed by atoms with Crippen molar-refractivity contribution in [3.8, 4) is 5.75 Å². The number of benzene rings is 2. The normalized spacial score (nSPS) is 12.8. The number of hydrogen-bond donors (Lipinski definition) is 1.